The summed E-state index contributed by atoms with van der Waals surface area (Å²) >= 11 is 0. The van der Waals surface area contributed by atoms with E-state index in [-0.39, 0.29) is 4.90 Å². The van der Waals surface area contributed by atoms with Crippen molar-refractivity contribution < 1.29 is 13.0 Å². The molecule has 5 heteroatoms. The van der Waals surface area contributed by atoms with Crippen LogP contribution >= 0.6 is 7.26 Å². The average molecular weight is 459 g/mol. The van der Waals surface area contributed by atoms with Gasteiger partial charge < -0.3 is 4.55 Å². The summed E-state index contributed by atoms with van der Waals surface area (Å²) in [5.74, 6) is 1.66. The Bertz CT molecular complexity index is 708. The quantitative estimate of drug-likeness (QED) is 0.283. The molecule has 0 saturated heterocycles. The Morgan fingerprint density at radius 1 is 0.867 bits per heavy atom. The smallest absolute Gasteiger partial charge is 0.124 e. The summed E-state index contributed by atoms with van der Waals surface area (Å²) in [6, 6.07) is 5.78. The zero-order chi connectivity index (χ0) is 24.0. The minimum absolute atomic E-state index is 0.178. The van der Waals surface area contributed by atoms with Crippen molar-refractivity contribution in [2.45, 2.75) is 103 Å². The highest BCUT2D eigenvalue weighted by atomic mass is 32.2. The van der Waals surface area contributed by atoms with Crippen LogP contribution in [-0.4, -0.2) is 36.6 Å². The van der Waals surface area contributed by atoms with Crippen molar-refractivity contribution in [2.75, 3.05) is 13.3 Å². The Morgan fingerprint density at radius 2 is 1.20 bits per heavy atom. The fraction of sp³-hybridized carbons (Fsp3) is 0.760. The van der Waals surface area contributed by atoms with Crippen molar-refractivity contribution >= 4 is 17.4 Å². The summed E-state index contributed by atoms with van der Waals surface area (Å²) in [5.41, 5.74) is 0.928. The van der Waals surface area contributed by atoms with Crippen LogP contribution in [0, 0.1) is 18.8 Å². The number of hydrogen-bond donors (Lipinski definition) is 0. The maximum atomic E-state index is 10.4. The Balaban J connectivity index is 0.000000642. The normalized spacial score (nSPS) is 15.2. The second-order valence-corrected chi connectivity index (χ2v) is 17.0. The van der Waals surface area contributed by atoms with E-state index in [0.29, 0.717) is 10.3 Å². The molecular formula is C25H47O3PS. The van der Waals surface area contributed by atoms with E-state index in [1.54, 1.807) is 12.1 Å². The Kier molecular flexibility index (Phi) is 11.3. The largest absolute Gasteiger partial charge is 0.744 e. The molecular weight excluding hydrogens is 411 g/mol. The molecule has 1 rings (SSSR count). The molecule has 0 heterocycles. The Hall–Kier alpha value is -0.440. The van der Waals surface area contributed by atoms with E-state index in [1.165, 1.54) is 37.8 Å². The summed E-state index contributed by atoms with van der Waals surface area (Å²) in [5, 5.41) is 0.961. The molecule has 0 bridgehead atoms. The van der Waals surface area contributed by atoms with E-state index in [2.05, 4.69) is 68.7 Å². The fourth-order valence-corrected chi connectivity index (χ4v) is 8.54. The van der Waals surface area contributed by atoms with Crippen LogP contribution in [0.1, 0.15) is 86.6 Å². The van der Waals surface area contributed by atoms with Gasteiger partial charge in [-0.3, -0.25) is 0 Å². The van der Waals surface area contributed by atoms with Crippen LogP contribution in [0.15, 0.2) is 29.2 Å². The van der Waals surface area contributed by atoms with Crippen molar-refractivity contribution in [3.8, 4) is 0 Å². The second-order valence-electron chi connectivity index (χ2n) is 10.4. The number of hydrogen-bond acceptors (Lipinski definition) is 3. The second kappa shape index (κ2) is 11.4. The van der Waals surface area contributed by atoms with Gasteiger partial charge in [0.1, 0.15) is 10.1 Å². The molecule has 0 radical (unpaired) electrons. The van der Waals surface area contributed by atoms with Gasteiger partial charge >= 0.3 is 0 Å². The third kappa shape index (κ3) is 7.31. The van der Waals surface area contributed by atoms with Crippen LogP contribution in [0.25, 0.3) is 0 Å². The molecule has 1 aromatic rings. The monoisotopic (exact) mass is 458 g/mol. The van der Waals surface area contributed by atoms with E-state index in [4.69, 9.17) is 0 Å². The maximum Gasteiger partial charge on any atom is 0.124 e. The lowest BCUT2D eigenvalue weighted by Gasteiger charge is -2.51. The molecule has 0 aliphatic rings. The Morgan fingerprint density at radius 3 is 1.47 bits per heavy atom. The summed E-state index contributed by atoms with van der Waals surface area (Å²) in [6.07, 6.45) is 5.37. The number of rotatable bonds is 9. The van der Waals surface area contributed by atoms with Crippen LogP contribution in [0.2, 0.25) is 0 Å². The first kappa shape index (κ1) is 29.6. The van der Waals surface area contributed by atoms with Gasteiger partial charge in [0.25, 0.3) is 0 Å². The molecule has 0 amide bonds. The molecule has 176 valence electrons. The van der Waals surface area contributed by atoms with Gasteiger partial charge in [0.2, 0.25) is 0 Å². The van der Waals surface area contributed by atoms with Crippen molar-refractivity contribution in [3.63, 3.8) is 0 Å². The minimum Gasteiger partial charge on any atom is -0.744 e. The van der Waals surface area contributed by atoms with Gasteiger partial charge in [0.05, 0.1) is 15.2 Å². The van der Waals surface area contributed by atoms with Crippen LogP contribution in [0.5, 0.6) is 0 Å². The minimum atomic E-state index is -4.27. The summed E-state index contributed by atoms with van der Waals surface area (Å²) in [4.78, 5) is -0.178. The van der Waals surface area contributed by atoms with Gasteiger partial charge in [0, 0.05) is 20.6 Å². The lowest BCUT2D eigenvalue weighted by molar-refractivity contribution is 0.374. The van der Waals surface area contributed by atoms with Gasteiger partial charge in [0.15, 0.2) is 0 Å². The van der Waals surface area contributed by atoms with Crippen LogP contribution in [0.4, 0.5) is 0 Å². The van der Waals surface area contributed by atoms with Crippen LogP contribution in [0.3, 0.4) is 0 Å². The third-order valence-corrected chi connectivity index (χ3v) is 15.5. The van der Waals surface area contributed by atoms with Crippen molar-refractivity contribution in [2.24, 2.45) is 11.8 Å². The van der Waals surface area contributed by atoms with E-state index in [0.717, 1.165) is 17.4 Å². The highest BCUT2D eigenvalue weighted by Gasteiger charge is 2.58. The summed E-state index contributed by atoms with van der Waals surface area (Å²) in [6.45, 7) is 26.8. The van der Waals surface area contributed by atoms with Crippen molar-refractivity contribution in [3.05, 3.63) is 29.8 Å². The highest BCUT2D eigenvalue weighted by Crippen LogP contribution is 2.75. The zero-order valence-corrected chi connectivity index (χ0v) is 23.1. The number of aryl methyl sites for hydroxylation is 1. The fourth-order valence-electron chi connectivity index (χ4n) is 4.12. The molecule has 0 aliphatic heterocycles. The first-order chi connectivity index (χ1) is 13.5. The van der Waals surface area contributed by atoms with E-state index in [9.17, 15) is 13.0 Å². The summed E-state index contributed by atoms with van der Waals surface area (Å²) < 4.78 is 31.2. The van der Waals surface area contributed by atoms with E-state index < -0.39 is 17.4 Å². The Labute approximate surface area is 188 Å². The predicted molar refractivity (Wildman–Crippen MR) is 134 cm³/mol. The maximum absolute atomic E-state index is 10.4. The topological polar surface area (TPSA) is 57.2 Å². The van der Waals surface area contributed by atoms with Gasteiger partial charge in [-0.2, -0.15) is 0 Å². The molecule has 0 aliphatic carbocycles. The molecule has 0 spiro atoms. The standard InChI is InChI=1S/C18H40P.C7H8O3S/c1-11-13-15(3)17(5,6)19(9,10)18(7,8)16(4)14-12-2;1-6-2-4-7(5-3-6)11(8,9)10/h15-16H,11-14H2,1-10H3;2-5H,1H3,(H,8,9,10)/q+1;/p-1. The summed E-state index contributed by atoms with van der Waals surface area (Å²) in [7, 11) is -5.29. The molecule has 3 nitrogen and oxygen atoms in total. The van der Waals surface area contributed by atoms with Crippen molar-refractivity contribution in [1.82, 2.24) is 0 Å². The van der Waals surface area contributed by atoms with E-state index in [1.807, 2.05) is 6.92 Å². The SMILES string of the molecule is CCCC(C)C(C)(C)[P+](C)(C)C(C)(C)C(C)CCC.Cc1ccc(S(=O)(=O)[O-])cc1. The zero-order valence-electron chi connectivity index (χ0n) is 21.4. The molecule has 0 aromatic heterocycles. The lowest BCUT2D eigenvalue weighted by Crippen LogP contribution is -2.44. The molecule has 2 unspecified atom stereocenters. The van der Waals surface area contributed by atoms with Crippen LogP contribution in [-0.2, 0) is 10.1 Å². The molecule has 0 fully saturated rings. The predicted octanol–water partition coefficient (Wildman–Crippen LogP) is 7.59. The average Bonchev–Trinajstić information content (AvgIpc) is 2.61. The third-order valence-electron chi connectivity index (χ3n) is 8.05. The molecule has 2 atom stereocenters. The van der Waals surface area contributed by atoms with Crippen molar-refractivity contribution in [1.29, 1.82) is 0 Å². The first-order valence-electron chi connectivity index (χ1n) is 11.3. The number of benzene rings is 1. The highest BCUT2D eigenvalue weighted by molar-refractivity contribution is 7.85. The molecule has 0 N–H and O–H groups in total. The molecule has 1 aromatic carbocycles. The van der Waals surface area contributed by atoms with Crippen LogP contribution < -0.4 is 0 Å². The lowest BCUT2D eigenvalue weighted by atomic mass is 9.91. The molecule has 30 heavy (non-hydrogen) atoms. The first-order valence-corrected chi connectivity index (χ1v) is 15.4. The molecule has 0 saturated carbocycles. The van der Waals surface area contributed by atoms with Gasteiger partial charge in [-0.15, -0.1) is 0 Å². The van der Waals surface area contributed by atoms with Gasteiger partial charge in [-0.05, 0) is 71.4 Å². The van der Waals surface area contributed by atoms with Gasteiger partial charge in [-0.25, -0.2) is 8.42 Å². The van der Waals surface area contributed by atoms with E-state index >= 15 is 0 Å². The van der Waals surface area contributed by atoms with Gasteiger partial charge in [-0.1, -0.05) is 58.2 Å².